The lowest BCUT2D eigenvalue weighted by atomic mass is 10.1. The first kappa shape index (κ1) is 17.2. The maximum atomic E-state index is 12.5. The lowest BCUT2D eigenvalue weighted by molar-refractivity contribution is 0.219. The number of benzene rings is 1. The van der Waals surface area contributed by atoms with E-state index in [1.807, 2.05) is 24.3 Å². The van der Waals surface area contributed by atoms with Gasteiger partial charge in [-0.2, -0.15) is 10.1 Å². The second kappa shape index (κ2) is 7.56. The van der Waals surface area contributed by atoms with Gasteiger partial charge in [0.25, 0.3) is 0 Å². The van der Waals surface area contributed by atoms with Crippen LogP contribution >= 0.6 is 0 Å². The molecule has 4 rings (SSSR count). The molecule has 2 amide bonds. The summed E-state index contributed by atoms with van der Waals surface area (Å²) in [5.74, 6) is 1.58. The molecule has 3 aromatic rings. The van der Waals surface area contributed by atoms with Crippen molar-refractivity contribution in [1.29, 1.82) is 0 Å². The fourth-order valence-corrected chi connectivity index (χ4v) is 3.24. The van der Waals surface area contributed by atoms with Gasteiger partial charge >= 0.3 is 6.03 Å². The minimum absolute atomic E-state index is 0.252. The van der Waals surface area contributed by atoms with Crippen LogP contribution < -0.4 is 5.32 Å². The molecule has 0 radical (unpaired) electrons. The van der Waals surface area contributed by atoms with Crippen LogP contribution in [0.5, 0.6) is 0 Å². The lowest BCUT2D eigenvalue weighted by Crippen LogP contribution is -2.31. The second-order valence-corrected chi connectivity index (χ2v) is 6.71. The summed E-state index contributed by atoms with van der Waals surface area (Å²) in [7, 11) is 1.70. The number of hydrogen-bond acceptors (Lipinski definition) is 6. The molecule has 0 saturated heterocycles. The van der Waals surface area contributed by atoms with Gasteiger partial charge in [0.1, 0.15) is 12.7 Å². The van der Waals surface area contributed by atoms with Crippen molar-refractivity contribution in [3.05, 3.63) is 48.6 Å². The summed E-state index contributed by atoms with van der Waals surface area (Å²) in [5, 5.41) is 11.0. The molecule has 2 heterocycles. The average Bonchev–Trinajstić information content (AvgIpc) is 3.43. The fourth-order valence-electron chi connectivity index (χ4n) is 3.24. The van der Waals surface area contributed by atoms with Gasteiger partial charge in [-0.05, 0) is 31.0 Å². The number of carbonyl (C=O) groups excluding carboxylic acids is 1. The topological polar surface area (TPSA) is 102 Å². The van der Waals surface area contributed by atoms with Gasteiger partial charge in [-0.3, -0.25) is 0 Å². The molecule has 1 aliphatic rings. The van der Waals surface area contributed by atoms with Crippen LogP contribution in [0, 0.1) is 0 Å². The highest BCUT2D eigenvalue weighted by atomic mass is 16.5. The van der Waals surface area contributed by atoms with Gasteiger partial charge in [-0.25, -0.2) is 14.5 Å². The zero-order chi connectivity index (χ0) is 18.6. The van der Waals surface area contributed by atoms with Crippen LogP contribution in [0.2, 0.25) is 0 Å². The third kappa shape index (κ3) is 3.97. The molecule has 1 aromatic carbocycles. The minimum Gasteiger partial charge on any atom is -0.339 e. The van der Waals surface area contributed by atoms with Crippen LogP contribution in [0.4, 0.5) is 10.5 Å². The first-order valence-corrected chi connectivity index (χ1v) is 8.99. The van der Waals surface area contributed by atoms with E-state index in [1.165, 1.54) is 24.1 Å². The average molecular weight is 367 g/mol. The van der Waals surface area contributed by atoms with Crippen LogP contribution in [0.3, 0.4) is 0 Å². The van der Waals surface area contributed by atoms with Gasteiger partial charge in [0.15, 0.2) is 5.82 Å². The van der Waals surface area contributed by atoms with Crippen molar-refractivity contribution < 1.29 is 9.32 Å². The van der Waals surface area contributed by atoms with Gasteiger partial charge in [-0.1, -0.05) is 24.1 Å². The van der Waals surface area contributed by atoms with Crippen molar-refractivity contribution in [2.75, 3.05) is 12.4 Å². The summed E-state index contributed by atoms with van der Waals surface area (Å²) >= 11 is 0. The number of amides is 2. The number of aromatic nitrogens is 5. The molecule has 27 heavy (non-hydrogen) atoms. The Morgan fingerprint density at radius 3 is 3.00 bits per heavy atom. The molecule has 1 fully saturated rings. The summed E-state index contributed by atoms with van der Waals surface area (Å²) in [6.07, 6.45) is 7.67. The standard InChI is InChI=1S/C18H21N7O2/c1-24(10-16-22-17(27-23-16)13-5-2-3-6-13)18(26)21-14-7-4-8-15(9-14)25-12-19-11-20-25/h4,7-9,11-13H,2-3,5-6,10H2,1H3,(H,21,26). The maximum absolute atomic E-state index is 12.5. The first-order valence-electron chi connectivity index (χ1n) is 8.99. The second-order valence-electron chi connectivity index (χ2n) is 6.71. The zero-order valence-electron chi connectivity index (χ0n) is 15.1. The SMILES string of the molecule is CN(Cc1noc(C2CCCC2)n1)C(=O)Nc1cccc(-n2cncn2)c1. The number of anilines is 1. The van der Waals surface area contributed by atoms with Crippen LogP contribution in [-0.2, 0) is 6.54 Å². The van der Waals surface area contributed by atoms with Gasteiger partial charge in [-0.15, -0.1) is 0 Å². The molecule has 0 unspecified atom stereocenters. The Morgan fingerprint density at radius 1 is 1.37 bits per heavy atom. The quantitative estimate of drug-likeness (QED) is 0.744. The summed E-state index contributed by atoms with van der Waals surface area (Å²) in [4.78, 5) is 22.4. The van der Waals surface area contributed by atoms with Gasteiger partial charge < -0.3 is 14.7 Å². The van der Waals surface area contributed by atoms with E-state index in [0.717, 1.165) is 18.5 Å². The molecule has 0 aliphatic heterocycles. The Hall–Kier alpha value is -3.23. The third-order valence-electron chi connectivity index (χ3n) is 4.69. The van der Waals surface area contributed by atoms with Gasteiger partial charge in [0, 0.05) is 18.7 Å². The maximum Gasteiger partial charge on any atom is 0.321 e. The normalized spacial score (nSPS) is 14.4. The summed E-state index contributed by atoms with van der Waals surface area (Å²) < 4.78 is 7.00. The summed E-state index contributed by atoms with van der Waals surface area (Å²) in [6, 6.07) is 7.13. The van der Waals surface area contributed by atoms with E-state index in [2.05, 4.69) is 25.5 Å². The van der Waals surface area contributed by atoms with E-state index in [0.29, 0.717) is 23.3 Å². The van der Waals surface area contributed by atoms with E-state index in [4.69, 9.17) is 4.52 Å². The molecule has 0 bridgehead atoms. The van der Waals surface area contributed by atoms with Crippen molar-refractivity contribution in [3.8, 4) is 5.69 Å². The van der Waals surface area contributed by atoms with Crippen LogP contribution in [0.25, 0.3) is 5.69 Å². The lowest BCUT2D eigenvalue weighted by Gasteiger charge is -2.16. The largest absolute Gasteiger partial charge is 0.339 e. The highest BCUT2D eigenvalue weighted by molar-refractivity contribution is 5.89. The van der Waals surface area contributed by atoms with E-state index in [-0.39, 0.29) is 12.6 Å². The molecule has 0 atom stereocenters. The number of carbonyl (C=O) groups is 1. The molecule has 140 valence electrons. The van der Waals surface area contributed by atoms with E-state index in [9.17, 15) is 4.79 Å². The van der Waals surface area contributed by atoms with Gasteiger partial charge in [0.2, 0.25) is 5.89 Å². The predicted molar refractivity (Wildman–Crippen MR) is 97.4 cm³/mol. The molecule has 1 N–H and O–H groups in total. The highest BCUT2D eigenvalue weighted by Gasteiger charge is 2.23. The van der Waals surface area contributed by atoms with E-state index in [1.54, 1.807) is 18.1 Å². The van der Waals surface area contributed by atoms with Crippen molar-refractivity contribution >= 4 is 11.7 Å². The van der Waals surface area contributed by atoms with Crippen LogP contribution in [0.15, 0.2) is 41.4 Å². The number of rotatable bonds is 5. The molecular formula is C18H21N7O2. The van der Waals surface area contributed by atoms with Crippen molar-refractivity contribution in [3.63, 3.8) is 0 Å². The summed E-state index contributed by atoms with van der Waals surface area (Å²) in [5.41, 5.74) is 1.48. The number of nitrogens with zero attached hydrogens (tertiary/aromatic N) is 6. The Labute approximate surface area is 156 Å². The molecule has 1 aliphatic carbocycles. The summed E-state index contributed by atoms with van der Waals surface area (Å²) in [6.45, 7) is 0.283. The molecule has 1 saturated carbocycles. The highest BCUT2D eigenvalue weighted by Crippen LogP contribution is 2.32. The Kier molecular flexibility index (Phi) is 4.82. The molecule has 9 nitrogen and oxygen atoms in total. The smallest absolute Gasteiger partial charge is 0.321 e. The number of urea groups is 1. The predicted octanol–water partition coefficient (Wildman–Crippen LogP) is 2.97. The molecule has 2 aromatic heterocycles. The zero-order valence-corrected chi connectivity index (χ0v) is 15.1. The monoisotopic (exact) mass is 367 g/mol. The Balaban J connectivity index is 1.37. The van der Waals surface area contributed by atoms with E-state index < -0.39 is 0 Å². The first-order chi connectivity index (χ1) is 13.2. The Bertz CT molecular complexity index is 900. The van der Waals surface area contributed by atoms with Crippen molar-refractivity contribution in [2.45, 2.75) is 38.1 Å². The fraction of sp³-hybridized carbons (Fsp3) is 0.389. The third-order valence-corrected chi connectivity index (χ3v) is 4.69. The van der Waals surface area contributed by atoms with Crippen LogP contribution in [0.1, 0.15) is 43.3 Å². The number of nitrogens with one attached hydrogen (secondary N) is 1. The van der Waals surface area contributed by atoms with E-state index >= 15 is 0 Å². The molecular weight excluding hydrogens is 346 g/mol. The Morgan fingerprint density at radius 2 is 2.22 bits per heavy atom. The van der Waals surface area contributed by atoms with Crippen LogP contribution in [-0.4, -0.2) is 42.9 Å². The number of hydrogen-bond donors (Lipinski definition) is 1. The molecule has 9 heteroatoms. The van der Waals surface area contributed by atoms with Crippen molar-refractivity contribution in [1.82, 2.24) is 29.8 Å². The van der Waals surface area contributed by atoms with Gasteiger partial charge in [0.05, 0.1) is 12.2 Å². The minimum atomic E-state index is -0.252. The van der Waals surface area contributed by atoms with Crippen molar-refractivity contribution in [2.24, 2.45) is 0 Å². The molecule has 0 spiro atoms.